The Morgan fingerprint density at radius 2 is 1.50 bits per heavy atom. The van der Waals surface area contributed by atoms with Gasteiger partial charge in [-0.2, -0.15) is 0 Å². The number of halogens is 2. The van der Waals surface area contributed by atoms with E-state index in [2.05, 4.69) is 10.6 Å². The number of hydrogen-bond acceptors (Lipinski definition) is 7. The lowest BCUT2D eigenvalue weighted by atomic mass is 10.1. The molecule has 10 heteroatoms. The van der Waals surface area contributed by atoms with Crippen molar-refractivity contribution in [1.29, 1.82) is 0 Å². The van der Waals surface area contributed by atoms with Gasteiger partial charge in [-0.1, -0.05) is 75.7 Å². The Hall–Kier alpha value is -2.46. The number of amides is 1. The van der Waals surface area contributed by atoms with Crippen molar-refractivity contribution >= 4 is 46.4 Å². The highest BCUT2D eigenvalue weighted by Gasteiger charge is 2.23. The molecule has 0 saturated heterocycles. The van der Waals surface area contributed by atoms with Crippen LogP contribution in [-0.4, -0.2) is 42.6 Å². The van der Waals surface area contributed by atoms with E-state index in [0.29, 0.717) is 25.1 Å². The summed E-state index contributed by atoms with van der Waals surface area (Å²) in [5.41, 5.74) is 1.25. The molecule has 0 spiro atoms. The van der Waals surface area contributed by atoms with E-state index in [4.69, 9.17) is 21.1 Å². The SMILES string of the molecule is Br.CC(C)CC(=O)Oc1ccc(C(O)CNCCNC(=O)Cc2ccccc2)c(Cl)c1OC(=O)CC(C)C. The number of carbonyl (C=O) groups excluding carboxylic acids is 3. The van der Waals surface area contributed by atoms with Crippen molar-refractivity contribution in [2.45, 2.75) is 53.1 Å². The van der Waals surface area contributed by atoms with Crippen LogP contribution in [0.25, 0.3) is 0 Å². The summed E-state index contributed by atoms with van der Waals surface area (Å²) in [6.07, 6.45) is -0.394. The number of benzene rings is 2. The zero-order chi connectivity index (χ0) is 27.4. The Labute approximate surface area is 240 Å². The van der Waals surface area contributed by atoms with Gasteiger partial charge in [0, 0.05) is 38.0 Å². The fraction of sp³-hybridized carbons (Fsp3) is 0.464. The largest absolute Gasteiger partial charge is 0.422 e. The molecule has 1 atom stereocenters. The van der Waals surface area contributed by atoms with Gasteiger partial charge in [0.1, 0.15) is 0 Å². The average Bonchev–Trinajstić information content (AvgIpc) is 2.80. The molecule has 0 aromatic heterocycles. The molecular weight excluding hydrogens is 576 g/mol. The smallest absolute Gasteiger partial charge is 0.311 e. The fourth-order valence-electron chi connectivity index (χ4n) is 3.46. The Balaban J connectivity index is 0.00000722. The first-order valence-corrected chi connectivity index (χ1v) is 12.9. The van der Waals surface area contributed by atoms with Crippen LogP contribution in [-0.2, 0) is 20.8 Å². The van der Waals surface area contributed by atoms with Crippen molar-refractivity contribution in [3.05, 3.63) is 58.6 Å². The molecule has 1 amide bonds. The summed E-state index contributed by atoms with van der Waals surface area (Å²) in [5.74, 6) is -1.00. The van der Waals surface area contributed by atoms with E-state index in [9.17, 15) is 19.5 Å². The fourth-order valence-corrected chi connectivity index (χ4v) is 3.78. The minimum Gasteiger partial charge on any atom is -0.422 e. The summed E-state index contributed by atoms with van der Waals surface area (Å²) in [5, 5.41) is 16.6. The lowest BCUT2D eigenvalue weighted by molar-refractivity contribution is -0.138. The molecule has 0 fully saturated rings. The zero-order valence-electron chi connectivity index (χ0n) is 22.3. The molecule has 3 N–H and O–H groups in total. The number of ether oxygens (including phenoxy) is 2. The lowest BCUT2D eigenvalue weighted by Crippen LogP contribution is -2.34. The first-order chi connectivity index (χ1) is 17.6. The molecule has 0 aliphatic heterocycles. The minimum atomic E-state index is -1.03. The van der Waals surface area contributed by atoms with Crippen LogP contribution in [0.2, 0.25) is 5.02 Å². The van der Waals surface area contributed by atoms with E-state index in [1.807, 2.05) is 58.0 Å². The summed E-state index contributed by atoms with van der Waals surface area (Å²) in [6.45, 7) is 8.48. The van der Waals surface area contributed by atoms with Crippen LogP contribution in [0.3, 0.4) is 0 Å². The zero-order valence-corrected chi connectivity index (χ0v) is 24.8. The standard InChI is InChI=1S/C28H37ClN2O6.BrH/c1-18(2)14-25(34)36-23-11-10-21(27(29)28(23)37-26(35)15-19(3)4)22(32)17-30-12-13-31-24(33)16-20-8-6-5-7-9-20;/h5-11,18-19,22,30,32H,12-17H2,1-4H3,(H,31,33);1H. The number of hydrogen-bond donors (Lipinski definition) is 3. The lowest BCUT2D eigenvalue weighted by Gasteiger charge is -2.19. The summed E-state index contributed by atoms with van der Waals surface area (Å²) in [4.78, 5) is 36.6. The highest BCUT2D eigenvalue weighted by molar-refractivity contribution is 8.93. The van der Waals surface area contributed by atoms with Gasteiger partial charge in [-0.3, -0.25) is 14.4 Å². The van der Waals surface area contributed by atoms with Crippen LogP contribution in [0.15, 0.2) is 42.5 Å². The molecule has 2 aromatic carbocycles. The van der Waals surface area contributed by atoms with E-state index in [1.54, 1.807) is 0 Å². The van der Waals surface area contributed by atoms with E-state index in [0.717, 1.165) is 5.56 Å². The van der Waals surface area contributed by atoms with Crippen LogP contribution in [0, 0.1) is 11.8 Å². The molecule has 8 nitrogen and oxygen atoms in total. The quantitative estimate of drug-likeness (QED) is 0.159. The van der Waals surface area contributed by atoms with Gasteiger partial charge in [0.15, 0.2) is 11.5 Å². The molecule has 2 rings (SSSR count). The van der Waals surface area contributed by atoms with Gasteiger partial charge >= 0.3 is 11.9 Å². The number of aliphatic hydroxyl groups is 1. The Kier molecular flexibility index (Phi) is 15.2. The third-order valence-corrected chi connectivity index (χ3v) is 5.60. The van der Waals surface area contributed by atoms with Crippen molar-refractivity contribution in [3.63, 3.8) is 0 Å². The van der Waals surface area contributed by atoms with Crippen molar-refractivity contribution in [1.82, 2.24) is 10.6 Å². The minimum absolute atomic E-state index is 0. The summed E-state index contributed by atoms with van der Waals surface area (Å²) < 4.78 is 10.9. The molecule has 0 saturated carbocycles. The van der Waals surface area contributed by atoms with Gasteiger partial charge in [-0.25, -0.2) is 0 Å². The first-order valence-electron chi connectivity index (χ1n) is 12.5. The Morgan fingerprint density at radius 3 is 2.11 bits per heavy atom. The maximum Gasteiger partial charge on any atom is 0.311 e. The number of rotatable bonds is 14. The van der Waals surface area contributed by atoms with Crippen LogP contribution < -0.4 is 20.1 Å². The monoisotopic (exact) mass is 612 g/mol. The van der Waals surface area contributed by atoms with Crippen LogP contribution in [0.5, 0.6) is 11.5 Å². The second-order valence-electron chi connectivity index (χ2n) is 9.67. The van der Waals surface area contributed by atoms with Crippen LogP contribution >= 0.6 is 28.6 Å². The maximum atomic E-state index is 12.4. The molecule has 1 unspecified atom stereocenters. The van der Waals surface area contributed by atoms with Crippen molar-refractivity contribution in [3.8, 4) is 11.5 Å². The van der Waals surface area contributed by atoms with Gasteiger partial charge in [-0.15, -0.1) is 17.0 Å². The van der Waals surface area contributed by atoms with Gasteiger partial charge in [0.25, 0.3) is 0 Å². The molecule has 210 valence electrons. The van der Waals surface area contributed by atoms with E-state index < -0.39 is 18.0 Å². The molecule has 2 aromatic rings. The normalized spacial score (nSPS) is 11.6. The van der Waals surface area contributed by atoms with Gasteiger partial charge < -0.3 is 25.2 Å². The number of nitrogens with one attached hydrogen (secondary N) is 2. The highest BCUT2D eigenvalue weighted by atomic mass is 79.9. The van der Waals surface area contributed by atoms with Crippen molar-refractivity contribution in [2.75, 3.05) is 19.6 Å². The summed E-state index contributed by atoms with van der Waals surface area (Å²) in [7, 11) is 0. The number of esters is 2. The van der Waals surface area contributed by atoms with E-state index in [-0.39, 0.29) is 70.6 Å². The van der Waals surface area contributed by atoms with Gasteiger partial charge in [0.05, 0.1) is 17.5 Å². The third kappa shape index (κ3) is 11.9. The second kappa shape index (κ2) is 17.2. The predicted molar refractivity (Wildman–Crippen MR) is 153 cm³/mol. The Bertz CT molecular complexity index is 1050. The highest BCUT2D eigenvalue weighted by Crippen LogP contribution is 2.40. The molecule has 0 bridgehead atoms. The van der Waals surface area contributed by atoms with E-state index in [1.165, 1.54) is 12.1 Å². The maximum absolute atomic E-state index is 12.4. The Morgan fingerprint density at radius 1 is 0.895 bits per heavy atom. The van der Waals surface area contributed by atoms with Gasteiger partial charge in [-0.05, 0) is 23.5 Å². The van der Waals surface area contributed by atoms with Crippen molar-refractivity contribution in [2.24, 2.45) is 11.8 Å². The van der Waals surface area contributed by atoms with Crippen molar-refractivity contribution < 1.29 is 29.0 Å². The summed E-state index contributed by atoms with van der Waals surface area (Å²) >= 11 is 6.52. The topological polar surface area (TPSA) is 114 Å². The average molecular weight is 614 g/mol. The molecule has 0 aliphatic carbocycles. The molecule has 0 heterocycles. The number of aliphatic hydroxyl groups excluding tert-OH is 1. The summed E-state index contributed by atoms with van der Waals surface area (Å²) in [6, 6.07) is 12.4. The molecular formula is C28H38BrClN2O6. The second-order valence-corrected chi connectivity index (χ2v) is 10.1. The van der Waals surface area contributed by atoms with Crippen LogP contribution in [0.4, 0.5) is 0 Å². The van der Waals surface area contributed by atoms with E-state index >= 15 is 0 Å². The number of carbonyl (C=O) groups is 3. The molecule has 0 radical (unpaired) electrons. The first kappa shape index (κ1) is 33.6. The predicted octanol–water partition coefficient (Wildman–Crippen LogP) is 4.80. The van der Waals surface area contributed by atoms with Crippen LogP contribution in [0.1, 0.15) is 57.8 Å². The molecule has 0 aliphatic rings. The third-order valence-electron chi connectivity index (χ3n) is 5.21. The van der Waals surface area contributed by atoms with Gasteiger partial charge in [0.2, 0.25) is 5.91 Å². The molecule has 38 heavy (non-hydrogen) atoms.